The smallest absolute Gasteiger partial charge is 0.260 e. The Morgan fingerprint density at radius 3 is 2.59 bits per heavy atom. The van der Waals surface area contributed by atoms with Crippen LogP contribution >= 0.6 is 11.6 Å². The van der Waals surface area contributed by atoms with Crippen LogP contribution in [0, 0.1) is 0 Å². The van der Waals surface area contributed by atoms with E-state index in [2.05, 4.69) is 17.2 Å². The molecule has 0 bridgehead atoms. The third-order valence-corrected chi connectivity index (χ3v) is 6.04. The maximum absolute atomic E-state index is 12.3. The van der Waals surface area contributed by atoms with Crippen LogP contribution in [0.25, 0.3) is 10.9 Å². The van der Waals surface area contributed by atoms with Gasteiger partial charge in [0.15, 0.2) is 6.61 Å². The summed E-state index contributed by atoms with van der Waals surface area (Å²) in [5, 5.41) is 15.2. The van der Waals surface area contributed by atoms with E-state index in [0.29, 0.717) is 36.2 Å². The van der Waals surface area contributed by atoms with Gasteiger partial charge in [0, 0.05) is 37.3 Å². The highest BCUT2D eigenvalue weighted by Crippen LogP contribution is 2.28. The molecule has 2 atom stereocenters. The lowest BCUT2D eigenvalue weighted by molar-refractivity contribution is -0.132. The van der Waals surface area contributed by atoms with Crippen molar-refractivity contribution in [1.82, 2.24) is 15.2 Å². The first-order chi connectivity index (χ1) is 16.4. The molecule has 0 spiro atoms. The number of H-pyrrole nitrogens is 1. The molecule has 0 unspecified atom stereocenters. The Kier molecular flexibility index (Phi) is 9.62. The Bertz CT molecular complexity index is 1070. The Morgan fingerprint density at radius 2 is 1.85 bits per heavy atom. The van der Waals surface area contributed by atoms with Gasteiger partial charge in [0.1, 0.15) is 24.2 Å². The summed E-state index contributed by atoms with van der Waals surface area (Å²) >= 11 is 6.08. The second-order valence-electron chi connectivity index (χ2n) is 8.26. The van der Waals surface area contributed by atoms with E-state index in [1.54, 1.807) is 17.0 Å². The number of amides is 1. The number of halogens is 1. The lowest BCUT2D eigenvalue weighted by atomic mass is 10.1. The number of nitrogens with zero attached hydrogens (tertiary/aromatic N) is 1. The van der Waals surface area contributed by atoms with E-state index in [4.69, 9.17) is 21.1 Å². The Labute approximate surface area is 206 Å². The average molecular weight is 488 g/mol. The zero-order chi connectivity index (χ0) is 24.5. The summed E-state index contributed by atoms with van der Waals surface area (Å²) in [5.41, 5.74) is 2.02. The van der Waals surface area contributed by atoms with Crippen molar-refractivity contribution in [3.63, 3.8) is 0 Å². The summed E-state index contributed by atoms with van der Waals surface area (Å²) in [4.78, 5) is 17.3. The van der Waals surface area contributed by atoms with Crippen molar-refractivity contribution in [2.45, 2.75) is 39.3 Å². The van der Waals surface area contributed by atoms with Crippen molar-refractivity contribution in [3.05, 3.63) is 59.2 Å². The van der Waals surface area contributed by atoms with E-state index < -0.39 is 6.10 Å². The fraction of sp³-hybridized carbons (Fsp3) is 0.423. The number of aliphatic hydroxyl groups excluding tert-OH is 1. The van der Waals surface area contributed by atoms with Gasteiger partial charge in [-0.25, -0.2) is 0 Å². The molecule has 0 saturated carbocycles. The average Bonchev–Trinajstić information content (AvgIpc) is 3.25. The first-order valence-electron chi connectivity index (χ1n) is 11.7. The number of hydrogen-bond acceptors (Lipinski definition) is 5. The van der Waals surface area contributed by atoms with E-state index in [9.17, 15) is 9.90 Å². The highest BCUT2D eigenvalue weighted by molar-refractivity contribution is 6.32. The number of aliphatic hydroxyl groups is 1. The van der Waals surface area contributed by atoms with Crippen LogP contribution in [0.2, 0.25) is 5.02 Å². The number of nitrogens with one attached hydrogen (secondary N) is 2. The molecule has 0 saturated heterocycles. The maximum atomic E-state index is 12.3. The molecule has 8 heteroatoms. The van der Waals surface area contributed by atoms with Crippen LogP contribution in [0.15, 0.2) is 48.7 Å². The van der Waals surface area contributed by atoms with Gasteiger partial charge >= 0.3 is 0 Å². The number of benzene rings is 2. The van der Waals surface area contributed by atoms with Gasteiger partial charge in [-0.1, -0.05) is 35.9 Å². The Balaban J connectivity index is 1.52. The van der Waals surface area contributed by atoms with Crippen LogP contribution in [0.1, 0.15) is 26.3 Å². The van der Waals surface area contributed by atoms with Crippen molar-refractivity contribution in [1.29, 1.82) is 0 Å². The molecule has 0 aliphatic rings. The molecule has 1 aromatic heterocycles. The number of para-hydroxylation sites is 2. The number of rotatable bonds is 13. The molecule has 3 rings (SSSR count). The van der Waals surface area contributed by atoms with Gasteiger partial charge in [-0.15, -0.1) is 0 Å². The van der Waals surface area contributed by atoms with E-state index in [0.717, 1.165) is 22.9 Å². The molecule has 2 aromatic carbocycles. The molecule has 0 radical (unpaired) electrons. The highest BCUT2D eigenvalue weighted by Gasteiger charge is 2.15. The zero-order valence-corrected chi connectivity index (χ0v) is 20.8. The molecule has 3 N–H and O–H groups in total. The number of aromatic nitrogens is 1. The molecule has 7 nitrogen and oxygen atoms in total. The Hall–Kier alpha value is -2.74. The predicted octanol–water partition coefficient (Wildman–Crippen LogP) is 4.03. The minimum Gasteiger partial charge on any atom is -0.489 e. The maximum Gasteiger partial charge on any atom is 0.260 e. The third kappa shape index (κ3) is 6.88. The summed E-state index contributed by atoms with van der Waals surface area (Å²) in [7, 11) is 0. The summed E-state index contributed by atoms with van der Waals surface area (Å²) in [5.74, 6) is 1.20. The number of hydrogen-bond donors (Lipinski definition) is 3. The zero-order valence-electron chi connectivity index (χ0n) is 20.0. The lowest BCUT2D eigenvalue weighted by Crippen LogP contribution is -2.37. The van der Waals surface area contributed by atoms with Crippen LogP contribution in [0.4, 0.5) is 0 Å². The highest BCUT2D eigenvalue weighted by atomic mass is 35.5. The number of likely N-dealkylation sites (N-methyl/N-ethyl adjacent to an activating group) is 1. The van der Waals surface area contributed by atoms with E-state index in [-0.39, 0.29) is 25.2 Å². The summed E-state index contributed by atoms with van der Waals surface area (Å²) in [6, 6.07) is 13.2. The van der Waals surface area contributed by atoms with Gasteiger partial charge in [0.05, 0.1) is 10.5 Å². The molecule has 34 heavy (non-hydrogen) atoms. The van der Waals surface area contributed by atoms with Crippen molar-refractivity contribution < 1.29 is 19.4 Å². The standard InChI is InChI=1S/C26H34ClN3O4/c1-4-30(5-2)25(32)17-34-24-12-8-9-21-19(14-29-26(21)24)13-18(3)28-15-20(31)16-33-23-11-7-6-10-22(23)27/h6-12,14,18,20,28-29,31H,4-5,13,15-17H2,1-3H3/t18-,20+/m1/s1. The van der Waals surface area contributed by atoms with Gasteiger partial charge < -0.3 is 29.8 Å². The fourth-order valence-electron chi connectivity index (χ4n) is 3.83. The molecular weight excluding hydrogens is 454 g/mol. The van der Waals surface area contributed by atoms with Crippen LogP contribution in [0.3, 0.4) is 0 Å². The number of ether oxygens (including phenoxy) is 2. The summed E-state index contributed by atoms with van der Waals surface area (Å²) in [6.07, 6.45) is 2.07. The molecule has 3 aromatic rings. The molecule has 0 fully saturated rings. The van der Waals surface area contributed by atoms with Gasteiger partial charge in [-0.2, -0.15) is 0 Å². The second-order valence-corrected chi connectivity index (χ2v) is 8.66. The van der Waals surface area contributed by atoms with Gasteiger partial charge in [0.25, 0.3) is 5.91 Å². The van der Waals surface area contributed by atoms with Crippen LogP contribution in [0.5, 0.6) is 11.5 Å². The number of fused-ring (bicyclic) bond motifs is 1. The third-order valence-electron chi connectivity index (χ3n) is 5.73. The lowest BCUT2D eigenvalue weighted by Gasteiger charge is -2.19. The van der Waals surface area contributed by atoms with Gasteiger partial charge in [-0.3, -0.25) is 4.79 Å². The van der Waals surface area contributed by atoms with Crippen LogP contribution in [-0.2, 0) is 11.2 Å². The minimum atomic E-state index is -0.662. The Morgan fingerprint density at radius 1 is 1.12 bits per heavy atom. The summed E-state index contributed by atoms with van der Waals surface area (Å²) in [6.45, 7) is 7.89. The monoisotopic (exact) mass is 487 g/mol. The molecule has 0 aliphatic carbocycles. The van der Waals surface area contributed by atoms with Crippen molar-refractivity contribution in [3.8, 4) is 11.5 Å². The SMILES string of the molecule is CCN(CC)C(=O)COc1cccc2c(C[C@@H](C)NC[C@H](O)COc3ccccc3Cl)c[nH]c12. The van der Waals surface area contributed by atoms with E-state index in [1.165, 1.54) is 0 Å². The first-order valence-corrected chi connectivity index (χ1v) is 12.1. The molecular formula is C26H34ClN3O4. The molecule has 0 aliphatic heterocycles. The molecule has 184 valence electrons. The normalized spacial score (nSPS) is 13.0. The molecule has 1 amide bonds. The summed E-state index contributed by atoms with van der Waals surface area (Å²) < 4.78 is 11.4. The number of aromatic amines is 1. The van der Waals surface area contributed by atoms with Crippen molar-refractivity contribution >= 4 is 28.4 Å². The number of carbonyl (C=O) groups is 1. The van der Waals surface area contributed by atoms with Crippen LogP contribution < -0.4 is 14.8 Å². The van der Waals surface area contributed by atoms with Gasteiger partial charge in [0.2, 0.25) is 0 Å². The van der Waals surface area contributed by atoms with Gasteiger partial charge in [-0.05, 0) is 51.0 Å². The fourth-order valence-corrected chi connectivity index (χ4v) is 4.02. The van der Waals surface area contributed by atoms with E-state index in [1.807, 2.05) is 50.4 Å². The predicted molar refractivity (Wildman–Crippen MR) is 136 cm³/mol. The largest absolute Gasteiger partial charge is 0.489 e. The quantitative estimate of drug-likeness (QED) is 0.339. The second kappa shape index (κ2) is 12.6. The van der Waals surface area contributed by atoms with Crippen LogP contribution in [-0.4, -0.2) is 65.9 Å². The topological polar surface area (TPSA) is 86.8 Å². The minimum absolute atomic E-state index is 0.0151. The van der Waals surface area contributed by atoms with Crippen molar-refractivity contribution in [2.24, 2.45) is 0 Å². The molecule has 1 heterocycles. The number of carbonyl (C=O) groups excluding carboxylic acids is 1. The van der Waals surface area contributed by atoms with E-state index >= 15 is 0 Å². The van der Waals surface area contributed by atoms with Crippen molar-refractivity contribution in [2.75, 3.05) is 32.8 Å². The first kappa shape index (κ1) is 25.9.